The zero-order chi connectivity index (χ0) is 46.7. The van der Waals surface area contributed by atoms with Crippen LogP contribution in [0.1, 0.15) is 34.7 Å². The highest BCUT2D eigenvalue weighted by molar-refractivity contribution is 7.90. The van der Waals surface area contributed by atoms with Gasteiger partial charge in [0.15, 0.2) is 24.0 Å². The first kappa shape index (κ1) is 46.8. The fourth-order valence-corrected chi connectivity index (χ4v) is 9.79. The number of hydrogen-bond acceptors (Lipinski definition) is 12. The molecule has 0 radical (unpaired) electrons. The second-order valence-electron chi connectivity index (χ2n) is 13.9. The number of nitrogens with one attached hydrogen (secondary N) is 2. The first-order valence-electron chi connectivity index (χ1n) is 18.9. The van der Waals surface area contributed by atoms with Crippen molar-refractivity contribution in [2.45, 2.75) is 36.1 Å². The standard InChI is InChI=1S/C44H40F4N4O10S2/c1-25-11-7-13-27(21-25)63(55,56)51-23-29(41(59-5)39(51)37-31(45)15-9-16-32(37)46)43(49-3)61-35(53)19-20-36(54)62-44(50-4)30-24-52(64(57,58)28-14-8-12-26(2)22-28)40(42(30)60-6)38-33(47)17-10-18-34(38)48/h7-24,43-44,49-50H,1-6H3/b20-19+. The van der Waals surface area contributed by atoms with Crippen LogP contribution in [0.15, 0.2) is 119 Å². The zero-order valence-corrected chi connectivity index (χ0v) is 36.5. The van der Waals surface area contributed by atoms with Crippen LogP contribution in [0, 0.1) is 37.1 Å². The van der Waals surface area contributed by atoms with E-state index in [4.69, 9.17) is 18.9 Å². The molecule has 2 aromatic heterocycles. The first-order chi connectivity index (χ1) is 30.4. The summed E-state index contributed by atoms with van der Waals surface area (Å²) >= 11 is 0. The topological polar surface area (TPSA) is 173 Å². The lowest BCUT2D eigenvalue weighted by Gasteiger charge is -2.17. The van der Waals surface area contributed by atoms with Crippen molar-refractivity contribution in [3.8, 4) is 34.0 Å². The fourth-order valence-electron chi connectivity index (χ4n) is 6.83. The normalized spacial score (nSPS) is 12.8. The Balaban J connectivity index is 1.33. The van der Waals surface area contributed by atoms with Gasteiger partial charge in [-0.25, -0.2) is 51.9 Å². The first-order valence-corrected chi connectivity index (χ1v) is 21.8. The van der Waals surface area contributed by atoms with Gasteiger partial charge in [-0.05, 0) is 87.6 Å². The van der Waals surface area contributed by atoms with Crippen molar-refractivity contribution < 1.29 is 62.9 Å². The number of benzene rings is 4. The molecule has 6 aromatic rings. The van der Waals surface area contributed by atoms with Crippen molar-refractivity contribution in [2.75, 3.05) is 28.3 Å². The van der Waals surface area contributed by atoms with Crippen LogP contribution in [0.4, 0.5) is 17.6 Å². The number of nitrogens with zero attached hydrogens (tertiary/aromatic N) is 2. The SMILES string of the molecule is CNC(OC(=O)/C=C/C(=O)OC(NC)c1cn(S(=O)(=O)c2cccc(C)c2)c(-c2c(F)cccc2F)c1OC)c1cn(S(=O)(=O)c2cccc(C)c2)c(-c2c(F)cccc2F)c1OC. The van der Waals surface area contributed by atoms with Crippen LogP contribution in [-0.2, 0) is 39.1 Å². The molecule has 0 amide bonds. The molecule has 20 heteroatoms. The number of aryl methyl sites for hydroxylation is 2. The van der Waals surface area contributed by atoms with Gasteiger partial charge in [-0.15, -0.1) is 0 Å². The van der Waals surface area contributed by atoms with Crippen LogP contribution in [-0.4, -0.2) is 65.0 Å². The molecule has 0 aliphatic rings. The van der Waals surface area contributed by atoms with Gasteiger partial charge in [0.2, 0.25) is 0 Å². The largest absolute Gasteiger partial charge is 0.494 e. The molecule has 14 nitrogen and oxygen atoms in total. The van der Waals surface area contributed by atoms with Crippen molar-refractivity contribution in [1.29, 1.82) is 0 Å². The van der Waals surface area contributed by atoms with Crippen LogP contribution in [0.25, 0.3) is 22.5 Å². The summed E-state index contributed by atoms with van der Waals surface area (Å²) in [6, 6.07) is 17.4. The van der Waals surface area contributed by atoms with Gasteiger partial charge in [0.25, 0.3) is 20.0 Å². The number of carbonyl (C=O) groups excluding carboxylic acids is 2. The molecule has 0 spiro atoms. The molecule has 64 heavy (non-hydrogen) atoms. The highest BCUT2D eigenvalue weighted by Crippen LogP contribution is 2.44. The van der Waals surface area contributed by atoms with Crippen LogP contribution in [0.2, 0.25) is 0 Å². The summed E-state index contributed by atoms with van der Waals surface area (Å²) in [6.45, 7) is 3.30. The van der Waals surface area contributed by atoms with Crippen LogP contribution in [0.5, 0.6) is 11.5 Å². The van der Waals surface area contributed by atoms with E-state index in [1.165, 1.54) is 50.5 Å². The Kier molecular flexibility index (Phi) is 13.8. The molecule has 2 N–H and O–H groups in total. The van der Waals surface area contributed by atoms with Gasteiger partial charge in [-0.3, -0.25) is 10.6 Å². The van der Waals surface area contributed by atoms with Gasteiger partial charge in [0.05, 0.1) is 46.3 Å². The number of esters is 2. The summed E-state index contributed by atoms with van der Waals surface area (Å²) in [5.41, 5.74) is -1.88. The molecule has 6 rings (SSSR count). The van der Waals surface area contributed by atoms with Crippen molar-refractivity contribution in [3.63, 3.8) is 0 Å². The molecule has 0 fully saturated rings. The average molecular weight is 925 g/mol. The van der Waals surface area contributed by atoms with Gasteiger partial charge in [-0.1, -0.05) is 36.4 Å². The van der Waals surface area contributed by atoms with Gasteiger partial charge in [0.1, 0.15) is 34.7 Å². The monoisotopic (exact) mass is 924 g/mol. The van der Waals surface area contributed by atoms with Gasteiger partial charge < -0.3 is 18.9 Å². The maximum Gasteiger partial charge on any atom is 0.332 e. The van der Waals surface area contributed by atoms with Crippen molar-refractivity contribution in [1.82, 2.24) is 18.6 Å². The summed E-state index contributed by atoms with van der Waals surface area (Å²) in [4.78, 5) is 26.1. The smallest absolute Gasteiger partial charge is 0.332 e. The second-order valence-corrected chi connectivity index (χ2v) is 17.5. The average Bonchev–Trinajstić information content (AvgIpc) is 3.84. The number of carbonyl (C=O) groups is 2. The van der Waals surface area contributed by atoms with Gasteiger partial charge in [-0.2, -0.15) is 0 Å². The molecule has 0 saturated carbocycles. The van der Waals surface area contributed by atoms with E-state index in [1.54, 1.807) is 26.0 Å². The van der Waals surface area contributed by atoms with E-state index in [9.17, 15) is 26.4 Å². The second kappa shape index (κ2) is 18.9. The van der Waals surface area contributed by atoms with Crippen LogP contribution < -0.4 is 20.1 Å². The predicted octanol–water partition coefficient (Wildman–Crippen LogP) is 7.07. The number of methoxy groups -OCH3 is 2. The third-order valence-corrected chi connectivity index (χ3v) is 13.0. The Labute approximate surface area is 365 Å². The van der Waals surface area contributed by atoms with E-state index in [0.29, 0.717) is 31.2 Å². The van der Waals surface area contributed by atoms with Gasteiger partial charge >= 0.3 is 11.9 Å². The molecule has 4 aromatic carbocycles. The van der Waals surface area contributed by atoms with E-state index in [0.717, 1.165) is 63.0 Å². The molecular weight excluding hydrogens is 885 g/mol. The Morgan fingerprint density at radius 2 is 0.906 bits per heavy atom. The molecule has 336 valence electrons. The van der Waals surface area contributed by atoms with Crippen LogP contribution >= 0.6 is 0 Å². The number of hydrogen-bond donors (Lipinski definition) is 2. The summed E-state index contributed by atoms with van der Waals surface area (Å²) in [5.74, 6) is -7.68. The van der Waals surface area contributed by atoms with E-state index in [2.05, 4.69) is 10.6 Å². The quantitative estimate of drug-likeness (QED) is 0.0439. The third-order valence-electron chi connectivity index (χ3n) is 9.72. The highest BCUT2D eigenvalue weighted by Gasteiger charge is 2.36. The van der Waals surface area contributed by atoms with E-state index in [1.807, 2.05) is 0 Å². The summed E-state index contributed by atoms with van der Waals surface area (Å²) in [6.07, 6.45) is 0.117. The maximum absolute atomic E-state index is 15.4. The Morgan fingerprint density at radius 3 is 1.20 bits per heavy atom. The lowest BCUT2D eigenvalue weighted by Crippen LogP contribution is -2.23. The van der Waals surface area contributed by atoms with Crippen LogP contribution in [0.3, 0.4) is 0 Å². The molecule has 0 aliphatic heterocycles. The maximum atomic E-state index is 15.4. The van der Waals surface area contributed by atoms with E-state index >= 15 is 17.6 Å². The molecule has 2 unspecified atom stereocenters. The predicted molar refractivity (Wildman–Crippen MR) is 225 cm³/mol. The van der Waals surface area contributed by atoms with Crippen molar-refractivity contribution in [3.05, 3.63) is 155 Å². The summed E-state index contributed by atoms with van der Waals surface area (Å²) in [7, 11) is -4.31. The molecular formula is C44H40F4N4O10S2. The Hall–Kier alpha value is -6.74. The molecule has 2 atom stereocenters. The highest BCUT2D eigenvalue weighted by atomic mass is 32.2. The molecule has 0 saturated heterocycles. The minimum Gasteiger partial charge on any atom is -0.494 e. The summed E-state index contributed by atoms with van der Waals surface area (Å²) < 4.78 is 141. The number of ether oxygens (including phenoxy) is 4. The minimum atomic E-state index is -4.59. The van der Waals surface area contributed by atoms with Crippen molar-refractivity contribution in [2.24, 2.45) is 0 Å². The molecule has 0 aliphatic carbocycles. The Morgan fingerprint density at radius 1 is 0.578 bits per heavy atom. The lowest BCUT2D eigenvalue weighted by atomic mass is 10.1. The van der Waals surface area contributed by atoms with E-state index in [-0.39, 0.29) is 32.4 Å². The number of aromatic nitrogens is 2. The molecule has 2 heterocycles. The number of halogens is 4. The Bertz CT molecular complexity index is 2780. The third kappa shape index (κ3) is 9.03. The zero-order valence-electron chi connectivity index (χ0n) is 34.9. The lowest BCUT2D eigenvalue weighted by molar-refractivity contribution is -0.147. The van der Waals surface area contributed by atoms with Crippen molar-refractivity contribution >= 4 is 32.0 Å². The molecule has 0 bridgehead atoms. The van der Waals surface area contributed by atoms with E-state index < -0.39 is 90.2 Å². The van der Waals surface area contributed by atoms with Gasteiger partial charge in [0, 0.05) is 24.5 Å². The number of rotatable bonds is 16. The minimum absolute atomic E-state index is 0.197. The summed E-state index contributed by atoms with van der Waals surface area (Å²) in [5, 5.41) is 5.33. The fraction of sp³-hybridized carbons (Fsp3) is 0.182.